The maximum atomic E-state index is 12.2. The second kappa shape index (κ2) is 21.5. The van der Waals surface area contributed by atoms with Crippen LogP contribution in [0.25, 0.3) is 0 Å². The molecular weight excluding hydrogens is 468 g/mol. The molecule has 0 rings (SSSR count). The number of aliphatic hydroxyl groups excluding tert-OH is 1. The smallest absolute Gasteiger partial charge is 0.244 e. The lowest BCUT2D eigenvalue weighted by Crippen LogP contribution is -2.58. The van der Waals surface area contributed by atoms with Gasteiger partial charge in [-0.3, -0.25) is 19.7 Å². The molecule has 11 nitrogen and oxygen atoms in total. The summed E-state index contributed by atoms with van der Waals surface area (Å²) in [6.07, 6.45) is 5.89. The van der Waals surface area contributed by atoms with Gasteiger partial charge in [0.2, 0.25) is 17.7 Å². The van der Waals surface area contributed by atoms with Gasteiger partial charge in [0.15, 0.2) is 0 Å². The molecule has 0 saturated heterocycles. The maximum Gasteiger partial charge on any atom is 0.244 e. The fourth-order valence-corrected chi connectivity index (χ4v) is 2.77. The largest absolute Gasteiger partial charge is 0.379 e. The highest BCUT2D eigenvalue weighted by Gasteiger charge is 2.33. The van der Waals surface area contributed by atoms with Crippen molar-refractivity contribution in [1.82, 2.24) is 21.3 Å². The Labute approximate surface area is 214 Å². The van der Waals surface area contributed by atoms with Crippen LogP contribution in [0, 0.1) is 0 Å². The normalized spacial score (nSPS) is 11.7. The minimum absolute atomic E-state index is 0.0998. The van der Waals surface area contributed by atoms with Gasteiger partial charge in [0.05, 0.1) is 19.8 Å². The second-order valence-electron chi connectivity index (χ2n) is 7.82. The van der Waals surface area contributed by atoms with Crippen LogP contribution in [0.3, 0.4) is 0 Å². The molecule has 0 heterocycles. The van der Waals surface area contributed by atoms with Crippen molar-refractivity contribution >= 4 is 17.7 Å². The summed E-state index contributed by atoms with van der Waals surface area (Å²) in [5.74, 6) is -0.925. The van der Waals surface area contributed by atoms with E-state index < -0.39 is 17.7 Å². The highest BCUT2D eigenvalue weighted by atomic mass is 16.5. The summed E-state index contributed by atoms with van der Waals surface area (Å²) in [7, 11) is 0. The van der Waals surface area contributed by atoms with E-state index in [1.165, 1.54) is 18.2 Å². The molecule has 0 aliphatic heterocycles. The Morgan fingerprint density at radius 2 is 1.14 bits per heavy atom. The Kier molecular flexibility index (Phi) is 19.8. The molecule has 204 valence electrons. The van der Waals surface area contributed by atoms with Gasteiger partial charge in [-0.25, -0.2) is 0 Å². The van der Waals surface area contributed by atoms with E-state index in [2.05, 4.69) is 47.6 Å². The van der Waals surface area contributed by atoms with Crippen molar-refractivity contribution in [2.75, 3.05) is 59.3 Å². The number of aliphatic hydroxyl groups is 1. The number of amides is 3. The summed E-state index contributed by atoms with van der Waals surface area (Å²) in [4.78, 5) is 34.7. The molecule has 11 heteroatoms. The summed E-state index contributed by atoms with van der Waals surface area (Å²) in [5.41, 5.74) is -0.992. The first-order valence-electron chi connectivity index (χ1n) is 11.8. The molecule has 0 aromatic heterocycles. The first kappa shape index (κ1) is 33.2. The van der Waals surface area contributed by atoms with Crippen molar-refractivity contribution in [3.05, 3.63) is 50.6 Å². The lowest BCUT2D eigenvalue weighted by Gasteiger charge is -2.34. The first-order valence-corrected chi connectivity index (χ1v) is 11.8. The molecule has 1 atom stereocenters. The average Bonchev–Trinajstić information content (AvgIpc) is 2.89. The van der Waals surface area contributed by atoms with Crippen LogP contribution in [-0.4, -0.2) is 93.9 Å². The maximum absolute atomic E-state index is 12.2. The third-order valence-electron chi connectivity index (χ3n) is 4.65. The van der Waals surface area contributed by atoms with Gasteiger partial charge in [-0.1, -0.05) is 26.3 Å². The van der Waals surface area contributed by atoms with Crippen LogP contribution in [-0.2, 0) is 28.6 Å². The zero-order chi connectivity index (χ0) is 27.1. The van der Waals surface area contributed by atoms with Crippen LogP contribution in [0.2, 0.25) is 0 Å². The summed E-state index contributed by atoms with van der Waals surface area (Å²) >= 11 is 0. The van der Waals surface area contributed by atoms with E-state index in [1.807, 2.05) is 0 Å². The number of nitrogens with one attached hydrogen (secondary N) is 4. The van der Waals surface area contributed by atoms with Crippen LogP contribution in [0.1, 0.15) is 19.3 Å². The lowest BCUT2D eigenvalue weighted by molar-refractivity contribution is -0.123. The number of hydrogen-bond donors (Lipinski definition) is 5. The third kappa shape index (κ3) is 17.6. The van der Waals surface area contributed by atoms with E-state index in [0.717, 1.165) is 6.08 Å². The predicted molar refractivity (Wildman–Crippen MR) is 138 cm³/mol. The number of rotatable bonds is 24. The monoisotopic (exact) mass is 510 g/mol. The van der Waals surface area contributed by atoms with Gasteiger partial charge in [-0.05, 0) is 50.1 Å². The highest BCUT2D eigenvalue weighted by molar-refractivity contribution is 5.87. The van der Waals surface area contributed by atoms with Gasteiger partial charge in [0.1, 0.15) is 11.8 Å². The molecule has 0 aromatic rings. The molecular formula is C25H42N4O7. The van der Waals surface area contributed by atoms with Crippen LogP contribution in [0.5, 0.6) is 0 Å². The van der Waals surface area contributed by atoms with Gasteiger partial charge >= 0.3 is 0 Å². The molecule has 0 spiro atoms. The zero-order valence-electron chi connectivity index (χ0n) is 21.1. The van der Waals surface area contributed by atoms with E-state index in [-0.39, 0.29) is 31.6 Å². The molecule has 36 heavy (non-hydrogen) atoms. The Hall–Kier alpha value is -2.83. The Morgan fingerprint density at radius 1 is 0.722 bits per heavy atom. The van der Waals surface area contributed by atoms with Crippen molar-refractivity contribution in [2.45, 2.75) is 31.0 Å². The van der Waals surface area contributed by atoms with Crippen molar-refractivity contribution in [3.8, 4) is 0 Å². The predicted octanol–water partition coefficient (Wildman–Crippen LogP) is -0.0541. The second-order valence-corrected chi connectivity index (χ2v) is 7.82. The summed E-state index contributed by atoms with van der Waals surface area (Å²) in [5, 5.41) is 20.5. The van der Waals surface area contributed by atoms with Gasteiger partial charge in [-0.15, -0.1) is 0 Å². The number of ether oxygens (including phenoxy) is 3. The Morgan fingerprint density at radius 3 is 1.53 bits per heavy atom. The lowest BCUT2D eigenvalue weighted by atomic mass is 10.0. The van der Waals surface area contributed by atoms with E-state index in [4.69, 9.17) is 14.2 Å². The van der Waals surface area contributed by atoms with E-state index in [1.54, 1.807) is 0 Å². The third-order valence-corrected chi connectivity index (χ3v) is 4.65. The Balaban J connectivity index is 4.92. The fourth-order valence-electron chi connectivity index (χ4n) is 2.77. The van der Waals surface area contributed by atoms with Gasteiger partial charge in [0.25, 0.3) is 0 Å². The molecule has 0 bridgehead atoms. The van der Waals surface area contributed by atoms with E-state index >= 15 is 0 Å². The summed E-state index contributed by atoms with van der Waals surface area (Å²) in [6, 6.07) is 0. The quantitative estimate of drug-likeness (QED) is 0.0525. The molecule has 0 aliphatic carbocycles. The summed E-state index contributed by atoms with van der Waals surface area (Å²) < 4.78 is 17.4. The van der Waals surface area contributed by atoms with Gasteiger partial charge in [0, 0.05) is 32.9 Å². The SMILES string of the molecule is C=CC(=O)NCCCOCC(COCCCNC(=O)C=C)(COCCCNC(O)C=C)NC(=O)C=C. The van der Waals surface area contributed by atoms with E-state index in [9.17, 15) is 19.5 Å². The van der Waals surface area contributed by atoms with Gasteiger partial charge in [-0.2, -0.15) is 0 Å². The molecule has 1 unspecified atom stereocenters. The van der Waals surface area contributed by atoms with E-state index in [0.29, 0.717) is 58.7 Å². The topological polar surface area (TPSA) is 147 Å². The van der Waals surface area contributed by atoms with Gasteiger partial charge < -0.3 is 35.3 Å². The average molecular weight is 511 g/mol. The molecule has 3 amide bonds. The van der Waals surface area contributed by atoms with Crippen LogP contribution in [0.4, 0.5) is 0 Å². The summed E-state index contributed by atoms with van der Waals surface area (Å²) in [6.45, 7) is 16.5. The molecule has 5 N–H and O–H groups in total. The van der Waals surface area contributed by atoms with Crippen LogP contribution >= 0.6 is 0 Å². The highest BCUT2D eigenvalue weighted by Crippen LogP contribution is 2.10. The molecule has 0 fully saturated rings. The van der Waals surface area contributed by atoms with Crippen LogP contribution < -0.4 is 21.3 Å². The standard InChI is InChI=1S/C25H42N4O7/c1-5-21(30)26-12-9-15-34-18-25(29-24(33)8-4,19-35-16-10-13-27-22(31)6-2)20-36-17-11-14-28-23(32)7-3/h5-8,21,26,30H,1-4,9-20H2,(H,27,31)(H,28,32)(H,29,33). The first-order chi connectivity index (χ1) is 17.3. The van der Waals surface area contributed by atoms with Crippen molar-refractivity contribution in [3.63, 3.8) is 0 Å². The molecule has 0 aromatic carbocycles. The van der Waals surface area contributed by atoms with Crippen LogP contribution in [0.15, 0.2) is 50.6 Å². The minimum atomic E-state index is -0.992. The van der Waals surface area contributed by atoms with Crippen molar-refractivity contribution in [1.29, 1.82) is 0 Å². The van der Waals surface area contributed by atoms with Crippen molar-refractivity contribution < 1.29 is 33.7 Å². The fraction of sp³-hybridized carbons (Fsp3) is 0.560. The molecule has 0 aliphatic rings. The number of carbonyl (C=O) groups is 3. The zero-order valence-corrected chi connectivity index (χ0v) is 21.1. The molecule has 0 saturated carbocycles. The number of carbonyl (C=O) groups excluding carboxylic acids is 3. The molecule has 0 radical (unpaired) electrons. The number of hydrogen-bond acceptors (Lipinski definition) is 8. The Bertz CT molecular complexity index is 668. The van der Waals surface area contributed by atoms with Crippen molar-refractivity contribution in [2.24, 2.45) is 0 Å². The minimum Gasteiger partial charge on any atom is -0.379 e.